The zero-order valence-electron chi connectivity index (χ0n) is 29.5. The van der Waals surface area contributed by atoms with Crippen molar-refractivity contribution >= 4 is 89.8 Å². The monoisotopic (exact) mass is 823 g/mol. The van der Waals surface area contributed by atoms with Crippen LogP contribution in [0.5, 0.6) is 0 Å². The maximum absolute atomic E-state index is 12.9. The number of likely N-dealkylation sites (tertiary alicyclic amines) is 1. The molecule has 1 unspecified atom stereocenters. The van der Waals surface area contributed by atoms with Crippen LogP contribution in [0.2, 0.25) is 0 Å². The zero-order valence-corrected chi connectivity index (χ0v) is 31.2. The molecule has 0 radical (unpaired) electrons. The summed E-state index contributed by atoms with van der Waals surface area (Å²) in [6.07, 6.45) is -1.17. The molecule has 11 N–H and O–H groups in total. The minimum Gasteiger partial charge on any atom is -0.481 e. The van der Waals surface area contributed by atoms with Gasteiger partial charge in [-0.05, 0) is 19.3 Å². The molecule has 1 aliphatic heterocycles. The van der Waals surface area contributed by atoms with E-state index >= 15 is 0 Å². The topological polar surface area (TPSA) is 370 Å². The lowest BCUT2D eigenvalue weighted by Gasteiger charge is -2.29. The maximum Gasteiger partial charge on any atom is 0.327 e. The molecule has 1 aliphatic rings. The van der Waals surface area contributed by atoms with Crippen LogP contribution in [0.4, 0.5) is 4.79 Å². The van der Waals surface area contributed by atoms with Crippen LogP contribution in [0.25, 0.3) is 0 Å². The second-order valence-corrected chi connectivity index (χ2v) is 13.7. The number of thiol groups is 1. The first kappa shape index (κ1) is 47.9. The van der Waals surface area contributed by atoms with Gasteiger partial charge in [0.2, 0.25) is 29.5 Å². The number of nitrogens with one attached hydrogen (secondary N) is 4. The fourth-order valence-corrected chi connectivity index (χ4v) is 6.29. The largest absolute Gasteiger partial charge is 0.481 e. The van der Waals surface area contributed by atoms with Crippen LogP contribution in [0.3, 0.4) is 0 Å². The lowest BCUT2D eigenvalue weighted by atomic mass is 10.1. The predicted octanol–water partition coefficient (Wildman–Crippen LogP) is -3.28. The quantitative estimate of drug-likeness (QED) is 0.0231. The van der Waals surface area contributed by atoms with E-state index in [2.05, 4.69) is 28.6 Å². The van der Waals surface area contributed by atoms with Crippen molar-refractivity contribution in [2.24, 2.45) is 5.73 Å². The van der Waals surface area contributed by atoms with Crippen LogP contribution < -0.4 is 27.0 Å². The van der Waals surface area contributed by atoms with Gasteiger partial charge in [-0.2, -0.15) is 12.6 Å². The molecular weight excluding hydrogens is 778 g/mol. The molecule has 1 fully saturated rings. The zero-order chi connectivity index (χ0) is 42.0. The number of hydrogen-bond donors (Lipinski definition) is 11. The minimum absolute atomic E-state index is 0.00425. The normalized spacial score (nSPS) is 16.5. The number of aliphatic carboxylic acids is 5. The standard InChI is InChI=1S/C30H45N7O16S2/c1-36(18(9-23(42)43)24(44)33-16(12-54)28(49)50)25(45)14(31)11-32-20(38)5-3-2-4-8-37-21(39)10-19(26(37)46)55-13-17(29(51)52)35-30(53)34-15(27(47)48)6-7-22(40)41/h14-19,54H,2-13,31H2,1H3,(H,32,38)(H,33,44)(H,40,41)(H,42,43)(H,47,48)(H,49,50)(H,51,52)(H2,34,35,53)/t14-,15-,16-,17-,18-,19?/m0/s1. The Morgan fingerprint density at radius 3 is 2.00 bits per heavy atom. The van der Waals surface area contributed by atoms with E-state index in [4.69, 9.17) is 15.9 Å². The molecule has 0 bridgehead atoms. The molecular formula is C30H45N7O16S2. The number of hydrogen-bond acceptors (Lipinski definition) is 14. The van der Waals surface area contributed by atoms with Gasteiger partial charge in [0.1, 0.15) is 30.2 Å². The average Bonchev–Trinajstić information content (AvgIpc) is 3.37. The van der Waals surface area contributed by atoms with E-state index in [-0.39, 0.29) is 37.4 Å². The first-order valence-corrected chi connectivity index (χ1v) is 18.2. The number of amides is 7. The smallest absolute Gasteiger partial charge is 0.327 e. The van der Waals surface area contributed by atoms with Crippen LogP contribution >= 0.6 is 24.4 Å². The Morgan fingerprint density at radius 2 is 1.45 bits per heavy atom. The van der Waals surface area contributed by atoms with Crippen molar-refractivity contribution in [3.63, 3.8) is 0 Å². The molecule has 0 aromatic heterocycles. The fraction of sp³-hybridized carbons (Fsp3) is 0.633. The minimum atomic E-state index is -1.62. The van der Waals surface area contributed by atoms with Crippen molar-refractivity contribution in [1.29, 1.82) is 0 Å². The van der Waals surface area contributed by atoms with Crippen LogP contribution in [0, 0.1) is 0 Å². The SMILES string of the molecule is CN(C(=O)[C@@H](N)CNC(=O)CCCCCN1C(=O)CC(SC[C@H](NC(=O)N[C@@H](CCC(=O)O)C(=O)O)C(=O)O)C1=O)[C@@H](CC(=O)O)C(=O)N[C@@H](CS)C(=O)O. The number of urea groups is 1. The van der Waals surface area contributed by atoms with Gasteiger partial charge in [-0.25, -0.2) is 19.2 Å². The Labute approximate surface area is 322 Å². The Kier molecular flexibility index (Phi) is 20.5. The number of nitrogens with zero attached hydrogens (tertiary/aromatic N) is 2. The van der Waals surface area contributed by atoms with Gasteiger partial charge >= 0.3 is 35.9 Å². The molecule has 0 saturated carbocycles. The Balaban J connectivity index is 2.54. The van der Waals surface area contributed by atoms with Crippen molar-refractivity contribution in [2.45, 2.75) is 86.8 Å². The number of carboxylic acid groups (broad SMARTS) is 5. The maximum atomic E-state index is 12.9. The van der Waals surface area contributed by atoms with E-state index in [1.807, 2.05) is 5.32 Å². The lowest BCUT2D eigenvalue weighted by molar-refractivity contribution is -0.147. The van der Waals surface area contributed by atoms with Crippen LogP contribution in [-0.4, -0.2) is 168 Å². The van der Waals surface area contributed by atoms with Gasteiger partial charge in [-0.3, -0.25) is 38.5 Å². The molecule has 7 amide bonds. The molecule has 25 heteroatoms. The van der Waals surface area contributed by atoms with Crippen molar-refractivity contribution in [3.05, 3.63) is 0 Å². The summed E-state index contributed by atoms with van der Waals surface area (Å²) in [5.74, 6) is -11.5. The Hall–Kier alpha value is -5.17. The predicted molar refractivity (Wildman–Crippen MR) is 191 cm³/mol. The molecule has 0 aliphatic carbocycles. The van der Waals surface area contributed by atoms with Crippen molar-refractivity contribution in [3.8, 4) is 0 Å². The summed E-state index contributed by atoms with van der Waals surface area (Å²) >= 11 is 4.62. The number of imide groups is 1. The molecule has 1 rings (SSSR count). The first-order chi connectivity index (χ1) is 25.7. The van der Waals surface area contributed by atoms with Gasteiger partial charge in [0.15, 0.2) is 0 Å². The lowest BCUT2D eigenvalue weighted by Crippen LogP contribution is -2.57. The van der Waals surface area contributed by atoms with Gasteiger partial charge < -0.3 is 57.4 Å². The first-order valence-electron chi connectivity index (χ1n) is 16.5. The van der Waals surface area contributed by atoms with E-state index in [0.29, 0.717) is 19.3 Å². The highest BCUT2D eigenvalue weighted by atomic mass is 32.2. The summed E-state index contributed by atoms with van der Waals surface area (Å²) in [5.41, 5.74) is 5.86. The second-order valence-electron chi connectivity index (χ2n) is 12.1. The summed E-state index contributed by atoms with van der Waals surface area (Å²) in [7, 11) is 1.10. The van der Waals surface area contributed by atoms with E-state index in [0.717, 1.165) is 28.6 Å². The molecule has 23 nitrogen and oxygen atoms in total. The fourth-order valence-electron chi connectivity index (χ4n) is 4.86. The number of nitrogens with two attached hydrogens (primary N) is 1. The number of likely N-dealkylation sites (N-methyl/N-ethyl adjacent to an activating group) is 1. The van der Waals surface area contributed by atoms with Gasteiger partial charge in [-0.15, -0.1) is 11.8 Å². The van der Waals surface area contributed by atoms with Gasteiger partial charge in [0.25, 0.3) is 0 Å². The molecule has 0 aromatic rings. The third-order valence-electron chi connectivity index (χ3n) is 7.93. The number of carbonyl (C=O) groups is 11. The van der Waals surface area contributed by atoms with E-state index < -0.39 is 120 Å². The highest BCUT2D eigenvalue weighted by Crippen LogP contribution is 2.26. The van der Waals surface area contributed by atoms with E-state index in [1.54, 1.807) is 0 Å². The van der Waals surface area contributed by atoms with Crippen molar-refractivity contribution in [2.75, 3.05) is 31.6 Å². The molecule has 1 heterocycles. The Morgan fingerprint density at radius 1 is 0.855 bits per heavy atom. The van der Waals surface area contributed by atoms with Crippen LogP contribution in [-0.2, 0) is 47.9 Å². The van der Waals surface area contributed by atoms with E-state index in [9.17, 15) is 68.1 Å². The second kappa shape index (κ2) is 23.6. The third kappa shape index (κ3) is 16.8. The third-order valence-corrected chi connectivity index (χ3v) is 9.59. The molecule has 0 spiro atoms. The van der Waals surface area contributed by atoms with Crippen molar-refractivity contribution in [1.82, 2.24) is 31.1 Å². The van der Waals surface area contributed by atoms with Crippen LogP contribution in [0.15, 0.2) is 0 Å². The molecule has 308 valence electrons. The summed E-state index contributed by atoms with van der Waals surface area (Å²) in [4.78, 5) is 133. The summed E-state index contributed by atoms with van der Waals surface area (Å²) < 4.78 is 0. The van der Waals surface area contributed by atoms with Crippen LogP contribution in [0.1, 0.15) is 51.4 Å². The summed E-state index contributed by atoms with van der Waals surface area (Å²) in [5, 5.41) is 53.4. The van der Waals surface area contributed by atoms with Gasteiger partial charge in [-0.1, -0.05) is 6.42 Å². The number of carbonyl (C=O) groups excluding carboxylic acids is 6. The number of rotatable bonds is 26. The molecule has 1 saturated heterocycles. The molecule has 6 atom stereocenters. The Bertz CT molecular complexity index is 1480. The average molecular weight is 824 g/mol. The molecule has 55 heavy (non-hydrogen) atoms. The van der Waals surface area contributed by atoms with E-state index in [1.165, 1.54) is 0 Å². The van der Waals surface area contributed by atoms with Gasteiger partial charge in [0.05, 0.1) is 11.7 Å². The highest BCUT2D eigenvalue weighted by Gasteiger charge is 2.39. The van der Waals surface area contributed by atoms with Crippen molar-refractivity contribution < 1.29 is 78.3 Å². The van der Waals surface area contributed by atoms with Gasteiger partial charge in [0, 0.05) is 50.9 Å². The number of unbranched alkanes of at least 4 members (excludes halogenated alkanes) is 2. The number of thioether (sulfide) groups is 1. The summed E-state index contributed by atoms with van der Waals surface area (Å²) in [6.45, 7) is -0.378. The number of carboxylic acids is 5. The molecule has 0 aromatic carbocycles. The summed E-state index contributed by atoms with van der Waals surface area (Å²) in [6, 6.07) is -8.84. The highest BCUT2D eigenvalue weighted by molar-refractivity contribution is 8.00.